The largest absolute Gasteiger partial charge is 0.394 e. The number of hydrogen-bond acceptors (Lipinski definition) is 5. The summed E-state index contributed by atoms with van der Waals surface area (Å²) in [7, 11) is 0. The topological polar surface area (TPSA) is 95.9 Å². The molecule has 5 nitrogen and oxygen atoms in total. The van der Waals surface area contributed by atoms with Gasteiger partial charge in [0.1, 0.15) is 6.10 Å². The van der Waals surface area contributed by atoms with Crippen LogP contribution in [0.15, 0.2) is 0 Å². The van der Waals surface area contributed by atoms with Gasteiger partial charge in [0.05, 0.1) is 12.7 Å². The summed E-state index contributed by atoms with van der Waals surface area (Å²) in [6.45, 7) is -0.327. The lowest BCUT2D eigenvalue weighted by Gasteiger charge is -2.34. The summed E-state index contributed by atoms with van der Waals surface area (Å²) in [5.74, 6) is 0. The van der Waals surface area contributed by atoms with E-state index < -0.39 is 24.5 Å². The predicted molar refractivity (Wildman–Crippen MR) is 36.6 cm³/mol. The summed E-state index contributed by atoms with van der Waals surface area (Å²) in [4.78, 5) is 0. The fourth-order valence-corrected chi connectivity index (χ4v) is 1.14. The molecule has 5 heteroatoms. The van der Waals surface area contributed by atoms with E-state index in [1.165, 1.54) is 0 Å². The Morgan fingerprint density at radius 1 is 1.45 bits per heavy atom. The average molecular weight is 163 g/mol. The third-order valence-corrected chi connectivity index (χ3v) is 1.81. The lowest BCUT2D eigenvalue weighted by molar-refractivity contribution is -0.213. The molecule has 1 rings (SSSR count). The van der Waals surface area contributed by atoms with Gasteiger partial charge in [-0.2, -0.15) is 0 Å². The molecule has 1 fully saturated rings. The van der Waals surface area contributed by atoms with Crippen molar-refractivity contribution < 1.29 is 20.1 Å². The number of aliphatic hydroxyl groups is 3. The van der Waals surface area contributed by atoms with Crippen molar-refractivity contribution in [2.45, 2.75) is 31.0 Å². The Labute approximate surface area is 64.4 Å². The molecular weight excluding hydrogens is 150 g/mol. The van der Waals surface area contributed by atoms with E-state index >= 15 is 0 Å². The molecule has 0 aliphatic carbocycles. The third kappa shape index (κ3) is 1.88. The smallest absolute Gasteiger partial charge is 0.156 e. The van der Waals surface area contributed by atoms with Gasteiger partial charge in [0, 0.05) is 12.5 Å². The first-order chi connectivity index (χ1) is 5.15. The second-order valence-corrected chi connectivity index (χ2v) is 2.70. The molecule has 1 aliphatic heterocycles. The van der Waals surface area contributed by atoms with E-state index in [1.807, 2.05) is 0 Å². The summed E-state index contributed by atoms with van der Waals surface area (Å²) >= 11 is 0. The van der Waals surface area contributed by atoms with E-state index in [-0.39, 0.29) is 13.0 Å². The summed E-state index contributed by atoms with van der Waals surface area (Å²) in [5, 5.41) is 26.9. The Morgan fingerprint density at radius 2 is 2.09 bits per heavy atom. The van der Waals surface area contributed by atoms with Gasteiger partial charge < -0.3 is 25.8 Å². The van der Waals surface area contributed by atoms with Crippen molar-refractivity contribution >= 4 is 0 Å². The molecule has 0 aromatic heterocycles. The molecule has 66 valence electrons. The lowest BCUT2D eigenvalue weighted by Crippen LogP contribution is -2.53. The quantitative estimate of drug-likeness (QED) is 0.351. The molecule has 1 saturated heterocycles. The molecule has 0 saturated carbocycles. The molecule has 0 aromatic carbocycles. The van der Waals surface area contributed by atoms with Gasteiger partial charge >= 0.3 is 0 Å². The van der Waals surface area contributed by atoms with Crippen molar-refractivity contribution in [1.82, 2.24) is 0 Å². The van der Waals surface area contributed by atoms with E-state index in [0.29, 0.717) is 0 Å². The Kier molecular flexibility index (Phi) is 2.80. The van der Waals surface area contributed by atoms with Gasteiger partial charge in [-0.25, -0.2) is 0 Å². The molecule has 5 N–H and O–H groups in total. The van der Waals surface area contributed by atoms with Gasteiger partial charge in [0.25, 0.3) is 0 Å². The van der Waals surface area contributed by atoms with Crippen molar-refractivity contribution in [2.75, 3.05) is 6.61 Å². The fourth-order valence-electron chi connectivity index (χ4n) is 1.14. The Morgan fingerprint density at radius 3 is 2.64 bits per heavy atom. The highest BCUT2D eigenvalue weighted by atomic mass is 16.6. The second kappa shape index (κ2) is 3.46. The Bertz CT molecular complexity index is 132. The lowest BCUT2D eigenvalue weighted by atomic mass is 10.0. The standard InChI is InChI=1S/C6H13NO4/c7-3-1-5(9)11-4(2-8)6(3)10/h3-6,8-10H,1-2,7H2/t3-,4-,5-,6+/m1/s1. The molecule has 0 bridgehead atoms. The number of rotatable bonds is 1. The molecule has 1 heterocycles. The second-order valence-electron chi connectivity index (χ2n) is 2.70. The molecule has 1 aliphatic rings. The van der Waals surface area contributed by atoms with Crippen LogP contribution in [0.1, 0.15) is 6.42 Å². The van der Waals surface area contributed by atoms with Crippen molar-refractivity contribution in [1.29, 1.82) is 0 Å². The SMILES string of the molecule is N[C@@H]1C[C@H](O)O[C@H](CO)[C@H]1O. The van der Waals surface area contributed by atoms with Crippen LogP contribution in [0.2, 0.25) is 0 Å². The first-order valence-electron chi connectivity index (χ1n) is 3.53. The summed E-state index contributed by atoms with van der Waals surface area (Å²) < 4.78 is 4.79. The number of aliphatic hydroxyl groups excluding tert-OH is 3. The van der Waals surface area contributed by atoms with Crippen LogP contribution in [0.4, 0.5) is 0 Å². The van der Waals surface area contributed by atoms with Crippen LogP contribution in [0.5, 0.6) is 0 Å². The van der Waals surface area contributed by atoms with Crippen LogP contribution in [-0.2, 0) is 4.74 Å². The van der Waals surface area contributed by atoms with Gasteiger partial charge in [-0.1, -0.05) is 0 Å². The van der Waals surface area contributed by atoms with Gasteiger partial charge in [0.15, 0.2) is 6.29 Å². The maximum atomic E-state index is 9.23. The fraction of sp³-hybridized carbons (Fsp3) is 1.00. The molecule has 11 heavy (non-hydrogen) atoms. The maximum absolute atomic E-state index is 9.23. The van der Waals surface area contributed by atoms with Gasteiger partial charge in [0.2, 0.25) is 0 Å². The van der Waals surface area contributed by atoms with Crippen molar-refractivity contribution in [3.63, 3.8) is 0 Å². The van der Waals surface area contributed by atoms with E-state index in [4.69, 9.17) is 20.7 Å². The zero-order valence-corrected chi connectivity index (χ0v) is 6.05. The third-order valence-electron chi connectivity index (χ3n) is 1.81. The average Bonchev–Trinajstić information content (AvgIpc) is 1.96. The normalized spacial score (nSPS) is 45.8. The highest BCUT2D eigenvalue weighted by molar-refractivity contribution is 4.84. The minimum absolute atomic E-state index is 0.206. The highest BCUT2D eigenvalue weighted by Gasteiger charge is 2.34. The van der Waals surface area contributed by atoms with Crippen molar-refractivity contribution in [3.8, 4) is 0 Å². The van der Waals surface area contributed by atoms with E-state index in [9.17, 15) is 5.11 Å². The summed E-state index contributed by atoms with van der Waals surface area (Å²) in [6, 6.07) is -0.518. The van der Waals surface area contributed by atoms with Gasteiger partial charge in [-0.05, 0) is 0 Å². The predicted octanol–water partition coefficient (Wildman–Crippen LogP) is -2.23. The minimum atomic E-state index is -0.967. The zero-order valence-electron chi connectivity index (χ0n) is 6.05. The monoisotopic (exact) mass is 163 g/mol. The maximum Gasteiger partial charge on any atom is 0.156 e. The van der Waals surface area contributed by atoms with E-state index in [1.54, 1.807) is 0 Å². The van der Waals surface area contributed by atoms with Crippen LogP contribution in [0, 0.1) is 0 Å². The number of ether oxygens (including phenoxy) is 1. The van der Waals surface area contributed by atoms with Gasteiger partial charge in [-0.3, -0.25) is 0 Å². The molecule has 0 amide bonds. The highest BCUT2D eigenvalue weighted by Crippen LogP contribution is 2.16. The first-order valence-corrected chi connectivity index (χ1v) is 3.53. The Hall–Kier alpha value is -0.200. The first kappa shape index (κ1) is 8.89. The molecule has 0 aromatic rings. The summed E-state index contributed by atoms with van der Waals surface area (Å²) in [5.41, 5.74) is 5.43. The summed E-state index contributed by atoms with van der Waals surface area (Å²) in [6.07, 6.45) is -2.40. The van der Waals surface area contributed by atoms with Crippen LogP contribution in [0.25, 0.3) is 0 Å². The molecule has 0 unspecified atom stereocenters. The zero-order chi connectivity index (χ0) is 8.43. The van der Waals surface area contributed by atoms with Crippen molar-refractivity contribution in [2.24, 2.45) is 5.73 Å². The minimum Gasteiger partial charge on any atom is -0.394 e. The van der Waals surface area contributed by atoms with Crippen LogP contribution >= 0.6 is 0 Å². The van der Waals surface area contributed by atoms with Gasteiger partial charge in [-0.15, -0.1) is 0 Å². The molecule has 0 spiro atoms. The van der Waals surface area contributed by atoms with Crippen LogP contribution in [0.3, 0.4) is 0 Å². The molecular formula is C6H13NO4. The molecule has 4 atom stereocenters. The van der Waals surface area contributed by atoms with Crippen molar-refractivity contribution in [3.05, 3.63) is 0 Å². The van der Waals surface area contributed by atoms with E-state index in [0.717, 1.165) is 0 Å². The number of nitrogens with two attached hydrogens (primary N) is 1. The van der Waals surface area contributed by atoms with Crippen LogP contribution < -0.4 is 5.73 Å². The Balaban J connectivity index is 2.51. The van der Waals surface area contributed by atoms with E-state index in [2.05, 4.69) is 0 Å². The number of hydrogen-bond donors (Lipinski definition) is 4. The molecule has 0 radical (unpaired) electrons. The van der Waals surface area contributed by atoms with Crippen LogP contribution in [-0.4, -0.2) is 46.5 Å².